The lowest BCUT2D eigenvalue weighted by atomic mass is 10.1. The molecule has 0 aliphatic carbocycles. The summed E-state index contributed by atoms with van der Waals surface area (Å²) < 4.78 is 0. The van der Waals surface area contributed by atoms with Gasteiger partial charge in [-0.15, -0.1) is 0 Å². The minimum Gasteiger partial charge on any atom is -0.395 e. The number of carbonyl (C=O) groups is 1. The van der Waals surface area contributed by atoms with Crippen LogP contribution in [-0.4, -0.2) is 73.4 Å². The number of aliphatic hydroxyl groups is 1. The SMILES string of the molecule is O=C(Nc1cccc(N2CCCCC2)c1)N1CCN(CCO)CC1. The van der Waals surface area contributed by atoms with Crippen LogP contribution in [0.1, 0.15) is 19.3 Å². The van der Waals surface area contributed by atoms with Crippen LogP contribution in [0.3, 0.4) is 0 Å². The highest BCUT2D eigenvalue weighted by molar-refractivity contribution is 5.90. The summed E-state index contributed by atoms with van der Waals surface area (Å²) in [6, 6.07) is 8.13. The van der Waals surface area contributed by atoms with Gasteiger partial charge in [-0.05, 0) is 37.5 Å². The van der Waals surface area contributed by atoms with Gasteiger partial charge >= 0.3 is 6.03 Å². The lowest BCUT2D eigenvalue weighted by molar-refractivity contribution is 0.127. The highest BCUT2D eigenvalue weighted by Gasteiger charge is 2.21. The Morgan fingerprint density at radius 3 is 2.50 bits per heavy atom. The third-order valence-corrected chi connectivity index (χ3v) is 4.89. The summed E-state index contributed by atoms with van der Waals surface area (Å²) in [5.74, 6) is 0. The van der Waals surface area contributed by atoms with Crippen LogP contribution in [0.5, 0.6) is 0 Å². The molecular formula is C18H28N4O2. The second-order valence-electron chi connectivity index (χ2n) is 6.58. The van der Waals surface area contributed by atoms with E-state index >= 15 is 0 Å². The molecule has 0 saturated carbocycles. The van der Waals surface area contributed by atoms with E-state index in [0.717, 1.165) is 31.9 Å². The highest BCUT2D eigenvalue weighted by Crippen LogP contribution is 2.23. The topological polar surface area (TPSA) is 59.1 Å². The maximum atomic E-state index is 12.5. The van der Waals surface area contributed by atoms with Crippen LogP contribution in [0.2, 0.25) is 0 Å². The monoisotopic (exact) mass is 332 g/mol. The molecular weight excluding hydrogens is 304 g/mol. The number of benzene rings is 1. The van der Waals surface area contributed by atoms with Gasteiger partial charge < -0.3 is 20.2 Å². The molecule has 0 radical (unpaired) electrons. The molecule has 0 unspecified atom stereocenters. The zero-order valence-corrected chi connectivity index (χ0v) is 14.3. The van der Waals surface area contributed by atoms with Gasteiger partial charge in [-0.1, -0.05) is 6.07 Å². The molecule has 0 bridgehead atoms. The Morgan fingerprint density at radius 1 is 1.04 bits per heavy atom. The summed E-state index contributed by atoms with van der Waals surface area (Å²) in [5.41, 5.74) is 2.06. The van der Waals surface area contributed by atoms with Crippen molar-refractivity contribution >= 4 is 17.4 Å². The van der Waals surface area contributed by atoms with Crippen LogP contribution in [0.15, 0.2) is 24.3 Å². The third-order valence-electron chi connectivity index (χ3n) is 4.89. The van der Waals surface area contributed by atoms with Gasteiger partial charge in [0.25, 0.3) is 0 Å². The number of piperazine rings is 1. The predicted octanol–water partition coefficient (Wildman–Crippen LogP) is 1.82. The number of urea groups is 1. The van der Waals surface area contributed by atoms with Gasteiger partial charge in [0.15, 0.2) is 0 Å². The number of hydrogen-bond donors (Lipinski definition) is 2. The summed E-state index contributed by atoms with van der Waals surface area (Å²) in [7, 11) is 0. The molecule has 2 aliphatic heterocycles. The highest BCUT2D eigenvalue weighted by atomic mass is 16.3. The molecule has 3 rings (SSSR count). The molecule has 1 aromatic rings. The summed E-state index contributed by atoms with van der Waals surface area (Å²) >= 11 is 0. The van der Waals surface area contributed by atoms with Crippen LogP contribution in [0.25, 0.3) is 0 Å². The normalized spacial score (nSPS) is 19.4. The van der Waals surface area contributed by atoms with Crippen molar-refractivity contribution in [3.63, 3.8) is 0 Å². The third kappa shape index (κ3) is 4.39. The second-order valence-corrected chi connectivity index (χ2v) is 6.58. The molecule has 2 saturated heterocycles. The van der Waals surface area contributed by atoms with Crippen LogP contribution in [0.4, 0.5) is 16.2 Å². The summed E-state index contributed by atoms with van der Waals surface area (Å²) in [4.78, 5) is 18.9. The van der Waals surface area contributed by atoms with Crippen LogP contribution in [0, 0.1) is 0 Å². The van der Waals surface area contributed by atoms with E-state index in [1.807, 2.05) is 17.0 Å². The average molecular weight is 332 g/mol. The number of piperidine rings is 1. The van der Waals surface area contributed by atoms with Crippen molar-refractivity contribution in [1.29, 1.82) is 0 Å². The fourth-order valence-corrected chi connectivity index (χ4v) is 3.45. The van der Waals surface area contributed by atoms with E-state index in [1.54, 1.807) is 0 Å². The van der Waals surface area contributed by atoms with Crippen molar-refractivity contribution in [1.82, 2.24) is 9.80 Å². The summed E-state index contributed by atoms with van der Waals surface area (Å²) in [6.07, 6.45) is 3.80. The summed E-state index contributed by atoms with van der Waals surface area (Å²) in [6.45, 7) is 6.12. The smallest absolute Gasteiger partial charge is 0.321 e. The van der Waals surface area contributed by atoms with Crippen molar-refractivity contribution in [2.75, 3.05) is 62.6 Å². The number of carbonyl (C=O) groups excluding carboxylic acids is 1. The Bertz CT molecular complexity index is 538. The fourth-order valence-electron chi connectivity index (χ4n) is 3.45. The first-order valence-corrected chi connectivity index (χ1v) is 9.00. The molecule has 2 aliphatic rings. The Hall–Kier alpha value is -1.79. The van der Waals surface area contributed by atoms with Gasteiger partial charge in [0.1, 0.15) is 0 Å². The predicted molar refractivity (Wildman–Crippen MR) is 96.6 cm³/mol. The molecule has 0 atom stereocenters. The van der Waals surface area contributed by atoms with Crippen molar-refractivity contribution in [3.05, 3.63) is 24.3 Å². The van der Waals surface area contributed by atoms with E-state index in [-0.39, 0.29) is 12.6 Å². The van der Waals surface area contributed by atoms with Crippen molar-refractivity contribution in [2.45, 2.75) is 19.3 Å². The van der Waals surface area contributed by atoms with Crippen molar-refractivity contribution in [3.8, 4) is 0 Å². The maximum absolute atomic E-state index is 12.5. The first kappa shape index (κ1) is 17.0. The quantitative estimate of drug-likeness (QED) is 0.883. The average Bonchev–Trinajstić information content (AvgIpc) is 2.63. The van der Waals surface area contributed by atoms with Gasteiger partial charge in [-0.25, -0.2) is 4.79 Å². The minimum absolute atomic E-state index is 0.0329. The van der Waals surface area contributed by atoms with E-state index in [4.69, 9.17) is 5.11 Å². The van der Waals surface area contributed by atoms with Crippen LogP contribution < -0.4 is 10.2 Å². The first-order valence-electron chi connectivity index (χ1n) is 9.00. The number of nitrogens with zero attached hydrogens (tertiary/aromatic N) is 3. The fraction of sp³-hybridized carbons (Fsp3) is 0.611. The second kappa shape index (κ2) is 8.35. The zero-order chi connectivity index (χ0) is 16.8. The molecule has 24 heavy (non-hydrogen) atoms. The number of hydrogen-bond acceptors (Lipinski definition) is 4. The Morgan fingerprint density at radius 2 is 1.79 bits per heavy atom. The van der Waals surface area contributed by atoms with Gasteiger partial charge in [0.2, 0.25) is 0 Å². The largest absolute Gasteiger partial charge is 0.395 e. The lowest BCUT2D eigenvalue weighted by Gasteiger charge is -2.34. The molecule has 0 aromatic heterocycles. The number of rotatable bonds is 4. The molecule has 2 fully saturated rings. The molecule has 2 heterocycles. The van der Waals surface area contributed by atoms with Crippen molar-refractivity contribution in [2.24, 2.45) is 0 Å². The van der Waals surface area contributed by atoms with Gasteiger partial charge in [0.05, 0.1) is 6.61 Å². The minimum atomic E-state index is -0.0329. The van der Waals surface area contributed by atoms with E-state index < -0.39 is 0 Å². The van der Waals surface area contributed by atoms with E-state index in [0.29, 0.717) is 19.6 Å². The Kier molecular flexibility index (Phi) is 5.93. The van der Waals surface area contributed by atoms with Gasteiger partial charge in [-0.3, -0.25) is 4.90 Å². The lowest BCUT2D eigenvalue weighted by Crippen LogP contribution is -2.50. The van der Waals surface area contributed by atoms with E-state index in [2.05, 4.69) is 27.2 Å². The molecule has 6 nitrogen and oxygen atoms in total. The molecule has 6 heteroatoms. The number of β-amino-alcohol motifs (C(OH)–C–C–N with tert-alkyl or cyclic N) is 1. The standard InChI is InChI=1S/C18H28N4O2/c23-14-13-20-9-11-22(12-10-20)18(24)19-16-5-4-6-17(15-16)21-7-2-1-3-8-21/h4-6,15,23H,1-3,7-14H2,(H,19,24). The van der Waals surface area contributed by atoms with E-state index in [1.165, 1.54) is 24.9 Å². The molecule has 132 valence electrons. The maximum Gasteiger partial charge on any atom is 0.321 e. The number of aliphatic hydroxyl groups excluding tert-OH is 1. The van der Waals surface area contributed by atoms with Gasteiger partial charge in [-0.2, -0.15) is 0 Å². The van der Waals surface area contributed by atoms with Gasteiger partial charge in [0, 0.05) is 57.2 Å². The molecule has 2 N–H and O–H groups in total. The number of nitrogens with one attached hydrogen (secondary N) is 1. The molecule has 2 amide bonds. The molecule has 1 aromatic carbocycles. The number of anilines is 2. The Labute approximate surface area is 144 Å². The van der Waals surface area contributed by atoms with Crippen LogP contribution in [-0.2, 0) is 0 Å². The first-order chi connectivity index (χ1) is 11.8. The zero-order valence-electron chi connectivity index (χ0n) is 14.3. The molecule has 0 spiro atoms. The van der Waals surface area contributed by atoms with Crippen LogP contribution >= 0.6 is 0 Å². The Balaban J connectivity index is 1.55. The van der Waals surface area contributed by atoms with E-state index in [9.17, 15) is 4.79 Å². The summed E-state index contributed by atoms with van der Waals surface area (Å²) in [5, 5.41) is 12.0. The number of amides is 2. The van der Waals surface area contributed by atoms with Crippen molar-refractivity contribution < 1.29 is 9.90 Å².